The molecule has 1 aromatic rings. The minimum atomic E-state index is -3.20. The molecule has 1 fully saturated rings. The van der Waals surface area contributed by atoms with E-state index in [4.69, 9.17) is 0 Å². The van der Waals surface area contributed by atoms with E-state index in [9.17, 15) is 13.2 Å². The second-order valence-corrected chi connectivity index (χ2v) is 7.47. The average Bonchev–Trinajstić information content (AvgIpc) is 2.53. The molecule has 1 aliphatic rings. The number of rotatable bonds is 6. The lowest BCUT2D eigenvalue weighted by Crippen LogP contribution is -2.44. The standard InChI is InChI=1S/C15H22N2O3S/c1-2-21(19,20)14-5-3-13(4-6-14)15(18)7-10-17-11-8-16-9-12-17/h3-6,16H,2,7-12H2,1H3. The van der Waals surface area contributed by atoms with Gasteiger partial charge in [0.1, 0.15) is 0 Å². The van der Waals surface area contributed by atoms with E-state index in [1.165, 1.54) is 12.1 Å². The first-order chi connectivity index (χ1) is 10.0. The maximum absolute atomic E-state index is 12.1. The maximum atomic E-state index is 12.1. The Morgan fingerprint density at radius 2 is 1.81 bits per heavy atom. The molecule has 0 unspecified atom stereocenters. The van der Waals surface area contributed by atoms with E-state index in [2.05, 4.69) is 10.2 Å². The highest BCUT2D eigenvalue weighted by Crippen LogP contribution is 2.13. The summed E-state index contributed by atoms with van der Waals surface area (Å²) in [5, 5.41) is 3.28. The van der Waals surface area contributed by atoms with Gasteiger partial charge >= 0.3 is 0 Å². The van der Waals surface area contributed by atoms with Crippen molar-refractivity contribution < 1.29 is 13.2 Å². The Bertz CT molecular complexity index is 575. The van der Waals surface area contributed by atoms with Crippen LogP contribution in [0.15, 0.2) is 29.2 Å². The zero-order valence-corrected chi connectivity index (χ0v) is 13.2. The van der Waals surface area contributed by atoms with Crippen molar-refractivity contribution in [3.63, 3.8) is 0 Å². The smallest absolute Gasteiger partial charge is 0.178 e. The molecule has 1 heterocycles. The van der Waals surface area contributed by atoms with Crippen LogP contribution >= 0.6 is 0 Å². The summed E-state index contributed by atoms with van der Waals surface area (Å²) in [6, 6.07) is 6.28. The van der Waals surface area contributed by atoms with Crippen molar-refractivity contribution >= 4 is 15.6 Å². The van der Waals surface area contributed by atoms with Gasteiger partial charge in [-0.25, -0.2) is 8.42 Å². The van der Waals surface area contributed by atoms with Crippen LogP contribution in [0.2, 0.25) is 0 Å². The van der Waals surface area contributed by atoms with Gasteiger partial charge in [-0.05, 0) is 12.1 Å². The van der Waals surface area contributed by atoms with E-state index < -0.39 is 9.84 Å². The van der Waals surface area contributed by atoms with Gasteiger partial charge in [-0.1, -0.05) is 19.1 Å². The lowest BCUT2D eigenvalue weighted by Gasteiger charge is -2.26. The molecule has 0 atom stereocenters. The van der Waals surface area contributed by atoms with Crippen LogP contribution in [-0.2, 0) is 9.84 Å². The molecule has 1 aromatic carbocycles. The fourth-order valence-electron chi connectivity index (χ4n) is 2.35. The third-order valence-electron chi connectivity index (χ3n) is 3.78. The molecule has 0 aliphatic carbocycles. The molecule has 116 valence electrons. The first kappa shape index (κ1) is 16.1. The Balaban J connectivity index is 1.93. The highest BCUT2D eigenvalue weighted by atomic mass is 32.2. The molecule has 0 aromatic heterocycles. The van der Waals surface area contributed by atoms with Gasteiger partial charge in [0.05, 0.1) is 10.6 Å². The van der Waals surface area contributed by atoms with Gasteiger partial charge in [-0.15, -0.1) is 0 Å². The fraction of sp³-hybridized carbons (Fsp3) is 0.533. The number of benzene rings is 1. The number of hydrogen-bond donors (Lipinski definition) is 1. The molecule has 0 bridgehead atoms. The third-order valence-corrected chi connectivity index (χ3v) is 5.53. The number of carbonyl (C=O) groups excluding carboxylic acids is 1. The fourth-order valence-corrected chi connectivity index (χ4v) is 3.24. The number of hydrogen-bond acceptors (Lipinski definition) is 5. The quantitative estimate of drug-likeness (QED) is 0.793. The zero-order chi connectivity index (χ0) is 15.3. The summed E-state index contributed by atoms with van der Waals surface area (Å²) < 4.78 is 23.4. The van der Waals surface area contributed by atoms with Gasteiger partial charge in [-0.2, -0.15) is 0 Å². The molecule has 5 nitrogen and oxygen atoms in total. The van der Waals surface area contributed by atoms with Crippen molar-refractivity contribution in [3.8, 4) is 0 Å². The number of nitrogens with zero attached hydrogens (tertiary/aromatic N) is 1. The molecule has 1 saturated heterocycles. The predicted molar refractivity (Wildman–Crippen MR) is 82.4 cm³/mol. The lowest BCUT2D eigenvalue weighted by atomic mass is 10.1. The van der Waals surface area contributed by atoms with Gasteiger partial charge in [0.2, 0.25) is 0 Å². The van der Waals surface area contributed by atoms with E-state index in [0.717, 1.165) is 32.7 Å². The van der Waals surface area contributed by atoms with Gasteiger partial charge < -0.3 is 10.2 Å². The van der Waals surface area contributed by atoms with E-state index in [-0.39, 0.29) is 16.4 Å². The van der Waals surface area contributed by atoms with Gasteiger partial charge in [0.25, 0.3) is 0 Å². The summed E-state index contributed by atoms with van der Waals surface area (Å²) in [5.41, 5.74) is 0.584. The van der Waals surface area contributed by atoms with Crippen LogP contribution in [0.25, 0.3) is 0 Å². The molecular weight excluding hydrogens is 288 g/mol. The number of sulfone groups is 1. The first-order valence-electron chi connectivity index (χ1n) is 7.32. The van der Waals surface area contributed by atoms with E-state index in [1.807, 2.05) is 0 Å². The monoisotopic (exact) mass is 310 g/mol. The van der Waals surface area contributed by atoms with Gasteiger partial charge in [0.15, 0.2) is 15.6 Å². The molecule has 0 amide bonds. The number of ketones is 1. The molecule has 2 rings (SSSR count). The third kappa shape index (κ3) is 4.36. The Hall–Kier alpha value is -1.24. The highest BCUT2D eigenvalue weighted by molar-refractivity contribution is 7.91. The van der Waals surface area contributed by atoms with Crippen LogP contribution in [0, 0.1) is 0 Å². The second kappa shape index (κ2) is 7.15. The van der Waals surface area contributed by atoms with E-state index in [1.54, 1.807) is 19.1 Å². The summed E-state index contributed by atoms with van der Waals surface area (Å²) in [5.74, 6) is 0.137. The van der Waals surface area contributed by atoms with Crippen molar-refractivity contribution in [2.24, 2.45) is 0 Å². The molecule has 0 saturated carbocycles. The molecule has 0 spiro atoms. The normalized spacial score (nSPS) is 16.8. The van der Waals surface area contributed by atoms with Crippen molar-refractivity contribution in [2.45, 2.75) is 18.2 Å². The Labute approximate surface area is 126 Å². The van der Waals surface area contributed by atoms with Crippen LogP contribution in [0.4, 0.5) is 0 Å². The van der Waals surface area contributed by atoms with Gasteiger partial charge in [-0.3, -0.25) is 4.79 Å². The van der Waals surface area contributed by atoms with Crippen molar-refractivity contribution in [1.29, 1.82) is 0 Å². The number of nitrogens with one attached hydrogen (secondary N) is 1. The Kier molecular flexibility index (Phi) is 5.50. The number of piperazine rings is 1. The highest BCUT2D eigenvalue weighted by Gasteiger charge is 2.14. The average molecular weight is 310 g/mol. The molecule has 1 N–H and O–H groups in total. The SMILES string of the molecule is CCS(=O)(=O)c1ccc(C(=O)CCN2CCNCC2)cc1. The van der Waals surface area contributed by atoms with Crippen molar-refractivity contribution in [1.82, 2.24) is 10.2 Å². The van der Waals surface area contributed by atoms with E-state index >= 15 is 0 Å². The molecular formula is C15H22N2O3S. The molecule has 1 aliphatic heterocycles. The zero-order valence-electron chi connectivity index (χ0n) is 12.3. The van der Waals surface area contributed by atoms with Gasteiger partial charge in [0, 0.05) is 44.7 Å². The maximum Gasteiger partial charge on any atom is 0.178 e. The van der Waals surface area contributed by atoms with Crippen LogP contribution < -0.4 is 5.32 Å². The summed E-state index contributed by atoms with van der Waals surface area (Å²) in [7, 11) is -3.20. The largest absolute Gasteiger partial charge is 0.314 e. The topological polar surface area (TPSA) is 66.5 Å². The minimum Gasteiger partial charge on any atom is -0.314 e. The second-order valence-electron chi connectivity index (χ2n) is 5.19. The summed E-state index contributed by atoms with van der Waals surface area (Å²) >= 11 is 0. The van der Waals surface area contributed by atoms with E-state index in [0.29, 0.717) is 12.0 Å². The van der Waals surface area contributed by atoms with Crippen LogP contribution in [-0.4, -0.2) is 57.6 Å². The number of carbonyl (C=O) groups is 1. The number of Topliss-reactive ketones (excluding diaryl/α,β-unsaturated/α-hetero) is 1. The summed E-state index contributed by atoms with van der Waals surface area (Å²) in [6.45, 7) is 6.26. The molecule has 21 heavy (non-hydrogen) atoms. The Morgan fingerprint density at radius 3 is 2.38 bits per heavy atom. The summed E-state index contributed by atoms with van der Waals surface area (Å²) in [4.78, 5) is 14.7. The van der Waals surface area contributed by atoms with Crippen LogP contribution in [0.5, 0.6) is 0 Å². The lowest BCUT2D eigenvalue weighted by molar-refractivity contribution is 0.0960. The Morgan fingerprint density at radius 1 is 1.19 bits per heavy atom. The van der Waals surface area contributed by atoms with Crippen molar-refractivity contribution in [2.75, 3.05) is 38.5 Å². The van der Waals surface area contributed by atoms with Crippen molar-refractivity contribution in [3.05, 3.63) is 29.8 Å². The van der Waals surface area contributed by atoms with Crippen LogP contribution in [0.3, 0.4) is 0 Å². The predicted octanol–water partition coefficient (Wildman–Crippen LogP) is 0.958. The minimum absolute atomic E-state index is 0.0639. The molecule has 6 heteroatoms. The summed E-state index contributed by atoms with van der Waals surface area (Å²) in [6.07, 6.45) is 0.472. The van der Waals surface area contributed by atoms with Crippen LogP contribution in [0.1, 0.15) is 23.7 Å². The molecule has 0 radical (unpaired) electrons. The first-order valence-corrected chi connectivity index (χ1v) is 8.97.